The summed E-state index contributed by atoms with van der Waals surface area (Å²) in [4.78, 5) is 20.0. The van der Waals surface area contributed by atoms with Crippen molar-refractivity contribution >= 4 is 11.6 Å². The summed E-state index contributed by atoms with van der Waals surface area (Å²) in [5.74, 6) is 0.659. The number of anilines is 1. The van der Waals surface area contributed by atoms with E-state index in [1.54, 1.807) is 24.4 Å². The molecule has 5 nitrogen and oxygen atoms in total. The predicted molar refractivity (Wildman–Crippen MR) is 73.2 cm³/mol. The van der Waals surface area contributed by atoms with E-state index in [9.17, 15) is 4.79 Å². The largest absolute Gasteiger partial charge is 0.399 e. The number of nitrogens with zero attached hydrogens (tertiary/aromatic N) is 2. The lowest BCUT2D eigenvalue weighted by molar-refractivity contribution is -0.120. The third-order valence-corrected chi connectivity index (χ3v) is 2.64. The molecule has 0 saturated carbocycles. The van der Waals surface area contributed by atoms with E-state index < -0.39 is 0 Å². The molecule has 0 aliphatic rings. The van der Waals surface area contributed by atoms with Gasteiger partial charge in [0.2, 0.25) is 5.91 Å². The number of carbonyl (C=O) groups is 1. The Balaban J connectivity index is 1.86. The number of hydrogen-bond acceptors (Lipinski definition) is 4. The fraction of sp³-hybridized carbons (Fsp3) is 0.214. The van der Waals surface area contributed by atoms with Crippen LogP contribution in [0.2, 0.25) is 0 Å². The van der Waals surface area contributed by atoms with E-state index in [4.69, 9.17) is 5.73 Å². The first-order chi connectivity index (χ1) is 9.13. The van der Waals surface area contributed by atoms with Crippen molar-refractivity contribution in [1.29, 1.82) is 0 Å². The molecule has 0 aliphatic heterocycles. The zero-order valence-corrected chi connectivity index (χ0v) is 10.8. The van der Waals surface area contributed by atoms with Gasteiger partial charge in [0.1, 0.15) is 5.82 Å². The average Bonchev–Trinajstić information content (AvgIpc) is 2.39. The van der Waals surface area contributed by atoms with Crippen molar-refractivity contribution in [2.45, 2.75) is 19.9 Å². The lowest BCUT2D eigenvalue weighted by Gasteiger charge is -2.05. The molecule has 0 saturated heterocycles. The Morgan fingerprint density at radius 2 is 2.00 bits per heavy atom. The molecule has 2 rings (SSSR count). The number of rotatable bonds is 4. The third kappa shape index (κ3) is 4.06. The minimum absolute atomic E-state index is 0.0407. The van der Waals surface area contributed by atoms with Crippen LogP contribution >= 0.6 is 0 Å². The first-order valence-electron chi connectivity index (χ1n) is 6.03. The molecule has 98 valence electrons. The van der Waals surface area contributed by atoms with Crippen molar-refractivity contribution in [3.8, 4) is 0 Å². The molecule has 1 aromatic carbocycles. The lowest BCUT2D eigenvalue weighted by atomic mass is 10.1. The zero-order chi connectivity index (χ0) is 13.7. The number of amides is 1. The summed E-state index contributed by atoms with van der Waals surface area (Å²) in [6, 6.07) is 9.07. The van der Waals surface area contributed by atoms with Crippen molar-refractivity contribution in [3.63, 3.8) is 0 Å². The van der Waals surface area contributed by atoms with Gasteiger partial charge in [-0.2, -0.15) is 0 Å². The van der Waals surface area contributed by atoms with Gasteiger partial charge in [0, 0.05) is 11.9 Å². The summed E-state index contributed by atoms with van der Waals surface area (Å²) in [5.41, 5.74) is 8.03. The third-order valence-electron chi connectivity index (χ3n) is 2.64. The zero-order valence-electron chi connectivity index (χ0n) is 10.8. The van der Waals surface area contributed by atoms with Gasteiger partial charge in [0.05, 0.1) is 18.7 Å². The Labute approximate surface area is 111 Å². The Morgan fingerprint density at radius 3 is 2.68 bits per heavy atom. The quantitative estimate of drug-likeness (QED) is 0.806. The van der Waals surface area contributed by atoms with E-state index in [-0.39, 0.29) is 5.91 Å². The molecule has 1 heterocycles. The molecule has 0 aliphatic carbocycles. The Hall–Kier alpha value is -2.43. The van der Waals surface area contributed by atoms with Gasteiger partial charge >= 0.3 is 0 Å². The highest BCUT2D eigenvalue weighted by Crippen LogP contribution is 2.06. The molecule has 0 unspecified atom stereocenters. The topological polar surface area (TPSA) is 80.9 Å². The van der Waals surface area contributed by atoms with Gasteiger partial charge in [0.25, 0.3) is 0 Å². The molecule has 0 radical (unpaired) electrons. The van der Waals surface area contributed by atoms with Crippen LogP contribution in [0.5, 0.6) is 0 Å². The van der Waals surface area contributed by atoms with Crippen molar-refractivity contribution in [2.24, 2.45) is 0 Å². The summed E-state index contributed by atoms with van der Waals surface area (Å²) in [5, 5.41) is 2.83. The maximum absolute atomic E-state index is 11.8. The van der Waals surface area contributed by atoms with E-state index >= 15 is 0 Å². The second-order valence-electron chi connectivity index (χ2n) is 4.29. The predicted octanol–water partition coefficient (Wildman–Crippen LogP) is 1.23. The van der Waals surface area contributed by atoms with Gasteiger partial charge in [-0.15, -0.1) is 0 Å². The minimum Gasteiger partial charge on any atom is -0.399 e. The molecule has 2 aromatic rings. The van der Waals surface area contributed by atoms with E-state index in [0.717, 1.165) is 11.3 Å². The van der Waals surface area contributed by atoms with Crippen LogP contribution in [0.1, 0.15) is 17.1 Å². The number of benzene rings is 1. The Kier molecular flexibility index (Phi) is 4.07. The highest BCUT2D eigenvalue weighted by molar-refractivity contribution is 5.78. The monoisotopic (exact) mass is 256 g/mol. The number of aromatic nitrogens is 2. The molecule has 5 heteroatoms. The molecule has 3 N–H and O–H groups in total. The second kappa shape index (κ2) is 5.95. The van der Waals surface area contributed by atoms with Crippen molar-refractivity contribution in [3.05, 3.63) is 53.6 Å². The van der Waals surface area contributed by atoms with Crippen LogP contribution in [0, 0.1) is 6.92 Å². The standard InChI is InChI=1S/C14H16N4O/c1-10-16-7-6-13(18-10)9-17-14(19)8-11-2-4-12(15)5-3-11/h2-7H,8-9,15H2,1H3,(H,17,19). The minimum atomic E-state index is -0.0407. The van der Waals surface area contributed by atoms with Crippen molar-refractivity contribution in [1.82, 2.24) is 15.3 Å². The fourth-order valence-corrected chi connectivity index (χ4v) is 1.68. The van der Waals surface area contributed by atoms with Gasteiger partial charge < -0.3 is 11.1 Å². The second-order valence-corrected chi connectivity index (χ2v) is 4.29. The van der Waals surface area contributed by atoms with Crippen LogP contribution in [0.4, 0.5) is 5.69 Å². The molecule has 1 amide bonds. The number of nitrogens with two attached hydrogens (primary N) is 1. The molecule has 0 atom stereocenters. The lowest BCUT2D eigenvalue weighted by Crippen LogP contribution is -2.25. The SMILES string of the molecule is Cc1nccc(CNC(=O)Cc2ccc(N)cc2)n1. The molecular weight excluding hydrogens is 240 g/mol. The summed E-state index contributed by atoms with van der Waals surface area (Å²) in [6.45, 7) is 2.23. The summed E-state index contributed by atoms with van der Waals surface area (Å²) in [6.07, 6.45) is 2.02. The highest BCUT2D eigenvalue weighted by atomic mass is 16.1. The molecular formula is C14H16N4O. The number of hydrogen-bond donors (Lipinski definition) is 2. The van der Waals surface area contributed by atoms with Crippen LogP contribution < -0.4 is 11.1 Å². The maximum atomic E-state index is 11.8. The highest BCUT2D eigenvalue weighted by Gasteiger charge is 2.04. The Bertz CT molecular complexity index is 566. The number of aryl methyl sites for hydroxylation is 1. The van der Waals surface area contributed by atoms with Crippen LogP contribution in [0.15, 0.2) is 36.5 Å². The van der Waals surface area contributed by atoms with Crippen LogP contribution in [-0.4, -0.2) is 15.9 Å². The van der Waals surface area contributed by atoms with Crippen molar-refractivity contribution in [2.75, 3.05) is 5.73 Å². The first-order valence-corrected chi connectivity index (χ1v) is 6.03. The number of carbonyl (C=O) groups excluding carboxylic acids is 1. The van der Waals surface area contributed by atoms with E-state index in [1.165, 1.54) is 0 Å². The van der Waals surface area contributed by atoms with E-state index in [2.05, 4.69) is 15.3 Å². The van der Waals surface area contributed by atoms with E-state index in [0.29, 0.717) is 24.5 Å². The van der Waals surface area contributed by atoms with Crippen LogP contribution in [-0.2, 0) is 17.8 Å². The van der Waals surface area contributed by atoms with Gasteiger partial charge in [0.15, 0.2) is 0 Å². The van der Waals surface area contributed by atoms with Gasteiger partial charge in [-0.25, -0.2) is 9.97 Å². The van der Waals surface area contributed by atoms with Crippen LogP contribution in [0.3, 0.4) is 0 Å². The summed E-state index contributed by atoms with van der Waals surface area (Å²) in [7, 11) is 0. The molecule has 0 spiro atoms. The molecule has 19 heavy (non-hydrogen) atoms. The normalized spacial score (nSPS) is 10.2. The smallest absolute Gasteiger partial charge is 0.224 e. The maximum Gasteiger partial charge on any atom is 0.224 e. The van der Waals surface area contributed by atoms with Gasteiger partial charge in [-0.05, 0) is 30.7 Å². The summed E-state index contributed by atoms with van der Waals surface area (Å²) >= 11 is 0. The summed E-state index contributed by atoms with van der Waals surface area (Å²) < 4.78 is 0. The van der Waals surface area contributed by atoms with E-state index in [1.807, 2.05) is 19.1 Å². The number of nitrogens with one attached hydrogen (secondary N) is 1. The number of nitrogen functional groups attached to an aromatic ring is 1. The van der Waals surface area contributed by atoms with Crippen molar-refractivity contribution < 1.29 is 4.79 Å². The molecule has 1 aromatic heterocycles. The first kappa shape index (κ1) is 13.0. The van der Waals surface area contributed by atoms with Gasteiger partial charge in [-0.3, -0.25) is 4.79 Å². The fourth-order valence-electron chi connectivity index (χ4n) is 1.68. The molecule has 0 fully saturated rings. The van der Waals surface area contributed by atoms with Gasteiger partial charge in [-0.1, -0.05) is 12.1 Å². The molecule has 0 bridgehead atoms. The van der Waals surface area contributed by atoms with Crippen LogP contribution in [0.25, 0.3) is 0 Å². The average molecular weight is 256 g/mol. The Morgan fingerprint density at radius 1 is 1.26 bits per heavy atom.